The number of carbonyl (C=O) groups is 1. The molecule has 0 spiro atoms. The maximum absolute atomic E-state index is 12.7. The number of anilines is 1. The summed E-state index contributed by atoms with van der Waals surface area (Å²) in [5, 5.41) is 8.79. The third-order valence-corrected chi connectivity index (χ3v) is 6.23. The Morgan fingerprint density at radius 1 is 1.24 bits per heavy atom. The van der Waals surface area contributed by atoms with Crippen LogP contribution in [0.15, 0.2) is 52.3 Å². The molecule has 5 nitrogen and oxygen atoms in total. The van der Waals surface area contributed by atoms with Gasteiger partial charge in [-0.05, 0) is 42.8 Å². The van der Waals surface area contributed by atoms with Crippen molar-refractivity contribution in [3.8, 4) is 6.07 Å². The minimum atomic E-state index is -3.36. The van der Waals surface area contributed by atoms with Gasteiger partial charge in [0.25, 0.3) is 0 Å². The molecule has 128 valence electrons. The number of sulfone groups is 1. The zero-order valence-electron chi connectivity index (χ0n) is 13.8. The van der Waals surface area contributed by atoms with Crippen molar-refractivity contribution in [2.75, 3.05) is 11.2 Å². The highest BCUT2D eigenvalue weighted by atomic mass is 32.2. The molecule has 1 amide bonds. The lowest BCUT2D eigenvalue weighted by Gasteiger charge is -2.32. The Hall–Kier alpha value is -2.30. The molecule has 0 aromatic heterocycles. The van der Waals surface area contributed by atoms with E-state index in [1.165, 1.54) is 11.8 Å². The normalized spacial score (nSPS) is 17.1. The SMILES string of the molecule is CC1Sc2ccc(S(C)(=O)=O)cc2N(Cc2cccc(C#N)c2)C1=O. The summed E-state index contributed by atoms with van der Waals surface area (Å²) in [6.45, 7) is 2.12. The molecule has 0 aliphatic carbocycles. The van der Waals surface area contributed by atoms with E-state index in [9.17, 15) is 13.2 Å². The van der Waals surface area contributed by atoms with E-state index in [1.807, 2.05) is 13.0 Å². The van der Waals surface area contributed by atoms with E-state index >= 15 is 0 Å². The quantitative estimate of drug-likeness (QED) is 0.828. The number of benzene rings is 2. The van der Waals surface area contributed by atoms with Crippen LogP contribution in [0.1, 0.15) is 18.1 Å². The van der Waals surface area contributed by atoms with Gasteiger partial charge in [-0.25, -0.2) is 8.42 Å². The summed E-state index contributed by atoms with van der Waals surface area (Å²) in [7, 11) is -3.36. The summed E-state index contributed by atoms with van der Waals surface area (Å²) < 4.78 is 23.7. The predicted molar refractivity (Wildman–Crippen MR) is 97.2 cm³/mol. The second-order valence-corrected chi connectivity index (χ2v) is 9.30. The van der Waals surface area contributed by atoms with Crippen molar-refractivity contribution in [2.45, 2.75) is 28.5 Å². The first-order valence-corrected chi connectivity index (χ1v) is 10.4. The Morgan fingerprint density at radius 2 is 2.00 bits per heavy atom. The van der Waals surface area contributed by atoms with Crippen LogP contribution in [0.2, 0.25) is 0 Å². The van der Waals surface area contributed by atoms with Crippen molar-refractivity contribution >= 4 is 33.2 Å². The second-order valence-electron chi connectivity index (χ2n) is 5.90. The fourth-order valence-corrected chi connectivity index (χ4v) is 4.39. The van der Waals surface area contributed by atoms with Gasteiger partial charge in [0.2, 0.25) is 5.91 Å². The molecule has 1 aliphatic heterocycles. The van der Waals surface area contributed by atoms with Gasteiger partial charge in [0, 0.05) is 11.2 Å². The van der Waals surface area contributed by atoms with Crippen LogP contribution in [0, 0.1) is 11.3 Å². The maximum atomic E-state index is 12.7. The monoisotopic (exact) mass is 372 g/mol. The second kappa shape index (κ2) is 6.54. The van der Waals surface area contributed by atoms with Gasteiger partial charge in [0.1, 0.15) is 0 Å². The van der Waals surface area contributed by atoms with E-state index < -0.39 is 9.84 Å². The first-order valence-electron chi connectivity index (χ1n) is 7.61. The smallest absolute Gasteiger partial charge is 0.240 e. The minimum Gasteiger partial charge on any atom is -0.306 e. The number of thioether (sulfide) groups is 1. The highest BCUT2D eigenvalue weighted by Gasteiger charge is 2.31. The summed E-state index contributed by atoms with van der Waals surface area (Å²) in [4.78, 5) is 15.4. The van der Waals surface area contributed by atoms with Gasteiger partial charge < -0.3 is 4.90 Å². The number of nitriles is 1. The first-order chi connectivity index (χ1) is 11.8. The van der Waals surface area contributed by atoms with E-state index in [0.29, 0.717) is 17.8 Å². The van der Waals surface area contributed by atoms with Gasteiger partial charge in [-0.3, -0.25) is 4.79 Å². The summed E-state index contributed by atoms with van der Waals surface area (Å²) in [5.74, 6) is -0.0782. The molecule has 0 saturated heterocycles. The number of fused-ring (bicyclic) bond motifs is 1. The zero-order chi connectivity index (χ0) is 18.2. The van der Waals surface area contributed by atoms with Crippen LogP contribution < -0.4 is 4.90 Å². The lowest BCUT2D eigenvalue weighted by molar-refractivity contribution is -0.118. The third-order valence-electron chi connectivity index (χ3n) is 3.96. The molecule has 0 N–H and O–H groups in total. The van der Waals surface area contributed by atoms with Crippen molar-refractivity contribution in [3.63, 3.8) is 0 Å². The van der Waals surface area contributed by atoms with Gasteiger partial charge in [0.05, 0.1) is 34.0 Å². The molecule has 2 aromatic carbocycles. The van der Waals surface area contributed by atoms with E-state index in [1.54, 1.807) is 41.3 Å². The molecule has 2 aromatic rings. The average Bonchev–Trinajstić information content (AvgIpc) is 2.58. The molecule has 1 unspecified atom stereocenters. The van der Waals surface area contributed by atoms with Crippen LogP contribution in [0.25, 0.3) is 0 Å². The van der Waals surface area contributed by atoms with E-state index in [-0.39, 0.29) is 16.1 Å². The van der Waals surface area contributed by atoms with E-state index in [4.69, 9.17) is 5.26 Å². The van der Waals surface area contributed by atoms with Crippen LogP contribution in [-0.2, 0) is 21.2 Å². The molecular formula is C18H16N2O3S2. The molecule has 0 saturated carbocycles. The van der Waals surface area contributed by atoms with Gasteiger partial charge >= 0.3 is 0 Å². The standard InChI is InChI=1S/C18H16N2O3S2/c1-12-18(21)20(11-14-5-3-4-13(8-14)10-19)16-9-15(25(2,22)23)6-7-17(16)24-12/h3-9,12H,11H2,1-2H3. The van der Waals surface area contributed by atoms with Gasteiger partial charge in [0.15, 0.2) is 9.84 Å². The highest BCUT2D eigenvalue weighted by molar-refractivity contribution is 8.01. The lowest BCUT2D eigenvalue weighted by Crippen LogP contribution is -2.39. The van der Waals surface area contributed by atoms with Crippen LogP contribution in [0.5, 0.6) is 0 Å². The van der Waals surface area contributed by atoms with Crippen LogP contribution in [-0.4, -0.2) is 25.8 Å². The number of rotatable bonds is 3. The molecule has 0 bridgehead atoms. The molecule has 1 atom stereocenters. The van der Waals surface area contributed by atoms with E-state index in [2.05, 4.69) is 6.07 Å². The third kappa shape index (κ3) is 3.55. The molecule has 1 aliphatic rings. The number of nitrogens with zero attached hydrogens (tertiary/aromatic N) is 2. The van der Waals surface area contributed by atoms with Crippen molar-refractivity contribution < 1.29 is 13.2 Å². The Balaban J connectivity index is 2.06. The maximum Gasteiger partial charge on any atom is 0.240 e. The fraction of sp³-hybridized carbons (Fsp3) is 0.222. The molecule has 3 rings (SSSR count). The van der Waals surface area contributed by atoms with Crippen LogP contribution >= 0.6 is 11.8 Å². The first kappa shape index (κ1) is 17.5. The van der Waals surface area contributed by atoms with Gasteiger partial charge in [-0.2, -0.15) is 5.26 Å². The average molecular weight is 372 g/mol. The molecule has 0 fully saturated rings. The summed E-state index contributed by atoms with van der Waals surface area (Å²) in [5.41, 5.74) is 1.94. The predicted octanol–water partition coefficient (Wildman–Crippen LogP) is 2.99. The Kier molecular flexibility index (Phi) is 4.58. The Bertz CT molecular complexity index is 994. The van der Waals surface area contributed by atoms with Crippen molar-refractivity contribution in [1.29, 1.82) is 5.26 Å². The molecule has 25 heavy (non-hydrogen) atoms. The fourth-order valence-electron chi connectivity index (χ4n) is 2.70. The number of amides is 1. The van der Waals surface area contributed by atoms with Gasteiger partial charge in [-0.15, -0.1) is 11.8 Å². The Labute approximate surface area is 151 Å². The number of carbonyl (C=O) groups excluding carboxylic acids is 1. The highest BCUT2D eigenvalue weighted by Crippen LogP contribution is 2.41. The van der Waals surface area contributed by atoms with Crippen molar-refractivity contribution in [2.24, 2.45) is 0 Å². The van der Waals surface area contributed by atoms with Gasteiger partial charge in [-0.1, -0.05) is 12.1 Å². The topological polar surface area (TPSA) is 78.2 Å². The minimum absolute atomic E-state index is 0.0782. The lowest BCUT2D eigenvalue weighted by atomic mass is 10.1. The summed E-state index contributed by atoms with van der Waals surface area (Å²) >= 11 is 1.42. The molecular weight excluding hydrogens is 356 g/mol. The number of hydrogen-bond donors (Lipinski definition) is 0. The van der Waals surface area contributed by atoms with Crippen molar-refractivity contribution in [3.05, 3.63) is 53.6 Å². The Morgan fingerprint density at radius 3 is 2.68 bits per heavy atom. The molecule has 1 heterocycles. The summed E-state index contributed by atoms with van der Waals surface area (Å²) in [6.07, 6.45) is 1.15. The van der Waals surface area contributed by atoms with E-state index in [0.717, 1.165) is 16.7 Å². The largest absolute Gasteiger partial charge is 0.306 e. The molecule has 7 heteroatoms. The van der Waals surface area contributed by atoms with Crippen LogP contribution in [0.4, 0.5) is 5.69 Å². The zero-order valence-corrected chi connectivity index (χ0v) is 15.4. The molecule has 0 radical (unpaired) electrons. The van der Waals surface area contributed by atoms with Crippen LogP contribution in [0.3, 0.4) is 0 Å². The summed E-state index contributed by atoms with van der Waals surface area (Å²) in [6, 6.07) is 14.0. The number of hydrogen-bond acceptors (Lipinski definition) is 5. The van der Waals surface area contributed by atoms with Crippen molar-refractivity contribution in [1.82, 2.24) is 0 Å².